The largest absolute Gasteiger partial charge is 0.508 e. The van der Waals surface area contributed by atoms with Crippen LogP contribution in [0.15, 0.2) is 67.3 Å². The van der Waals surface area contributed by atoms with Crippen molar-refractivity contribution in [3.05, 3.63) is 78.4 Å². The predicted molar refractivity (Wildman–Crippen MR) is 148 cm³/mol. The van der Waals surface area contributed by atoms with Crippen molar-refractivity contribution in [2.24, 2.45) is 0 Å². The first-order valence-corrected chi connectivity index (χ1v) is 13.1. The second-order valence-corrected chi connectivity index (χ2v) is 10.4. The third-order valence-electron chi connectivity index (χ3n) is 8.28. The van der Waals surface area contributed by atoms with Gasteiger partial charge < -0.3 is 19.5 Å². The van der Waals surface area contributed by atoms with E-state index in [4.69, 9.17) is 9.47 Å². The normalized spacial score (nSPS) is 25.5. The molecule has 0 aromatic heterocycles. The molecule has 7 nitrogen and oxygen atoms in total. The number of ether oxygens (including phenoxy) is 2. The van der Waals surface area contributed by atoms with Crippen LogP contribution in [-0.4, -0.2) is 72.2 Å². The Kier molecular flexibility index (Phi) is 8.38. The Morgan fingerprint density at radius 3 is 2.71 bits per heavy atom. The maximum absolute atomic E-state index is 13.2. The summed E-state index contributed by atoms with van der Waals surface area (Å²) in [4.78, 5) is 29.1. The summed E-state index contributed by atoms with van der Waals surface area (Å²) in [5.74, 6) is 0.236. The molecule has 2 aromatic carbocycles. The fraction of sp³-hybridized carbons (Fsp3) is 0.419. The van der Waals surface area contributed by atoms with Crippen molar-refractivity contribution in [3.63, 3.8) is 0 Å². The van der Waals surface area contributed by atoms with Crippen LogP contribution < -0.4 is 4.74 Å². The van der Waals surface area contributed by atoms with Gasteiger partial charge in [0.05, 0.1) is 5.60 Å². The van der Waals surface area contributed by atoms with Gasteiger partial charge in [-0.15, -0.1) is 6.58 Å². The van der Waals surface area contributed by atoms with Gasteiger partial charge in [0.25, 0.3) is 0 Å². The first-order valence-electron chi connectivity index (χ1n) is 13.1. The molecular formula is C31H38N2O5. The predicted octanol–water partition coefficient (Wildman–Crippen LogP) is 4.56. The van der Waals surface area contributed by atoms with Crippen molar-refractivity contribution in [3.8, 4) is 11.5 Å². The number of benzene rings is 2. The molecule has 1 N–H and O–H groups in total. The molecule has 1 saturated heterocycles. The standard InChI is InChI=1S/C31H38N2O5/c1-5-17-33-18-16-30(25-9-7-11-28(20-25)38-23(2)34)21-26(14-15-31(30,22-33)37-4)32(3)29(36)13-12-24-8-6-10-27(35)19-24/h5-13,19-20,26,35H,1,14-18,21-22H2,2-4H3/b13-12+. The van der Waals surface area contributed by atoms with Gasteiger partial charge >= 0.3 is 5.97 Å². The maximum atomic E-state index is 13.2. The van der Waals surface area contributed by atoms with Crippen LogP contribution in [-0.2, 0) is 19.7 Å². The Hall–Kier alpha value is -3.42. The van der Waals surface area contributed by atoms with Gasteiger partial charge in [-0.2, -0.15) is 0 Å². The second-order valence-electron chi connectivity index (χ2n) is 10.4. The number of rotatable bonds is 8. The zero-order valence-corrected chi connectivity index (χ0v) is 22.6. The Bertz CT molecular complexity index is 1210. The van der Waals surface area contributed by atoms with Gasteiger partial charge in [0.15, 0.2) is 0 Å². The number of fused-ring (bicyclic) bond motifs is 1. The van der Waals surface area contributed by atoms with Crippen molar-refractivity contribution >= 4 is 18.0 Å². The van der Waals surface area contributed by atoms with E-state index in [1.54, 1.807) is 43.5 Å². The van der Waals surface area contributed by atoms with Crippen molar-refractivity contribution in [2.45, 2.75) is 49.7 Å². The summed E-state index contributed by atoms with van der Waals surface area (Å²) in [6.45, 7) is 7.75. The number of phenols is 1. The molecular weight excluding hydrogens is 480 g/mol. The summed E-state index contributed by atoms with van der Waals surface area (Å²) in [5, 5.41) is 9.73. The Balaban J connectivity index is 1.66. The highest BCUT2D eigenvalue weighted by Gasteiger charge is 2.59. The minimum absolute atomic E-state index is 0.00272. The summed E-state index contributed by atoms with van der Waals surface area (Å²) in [6, 6.07) is 14.6. The third kappa shape index (κ3) is 5.54. The number of likely N-dealkylation sites (N-methyl/N-ethyl adjacent to an activating group) is 1. The molecule has 2 aliphatic rings. The van der Waals surface area contributed by atoms with Crippen molar-refractivity contribution in [2.75, 3.05) is 33.8 Å². The van der Waals surface area contributed by atoms with Crippen LogP contribution in [0, 0.1) is 0 Å². The number of aromatic hydroxyl groups is 1. The number of carbonyl (C=O) groups excluding carboxylic acids is 2. The second kappa shape index (κ2) is 11.5. The van der Waals surface area contributed by atoms with Crippen molar-refractivity contribution < 1.29 is 24.2 Å². The van der Waals surface area contributed by atoms with Crippen LogP contribution in [0.5, 0.6) is 11.5 Å². The number of amides is 1. The molecule has 1 amide bonds. The highest BCUT2D eigenvalue weighted by Crippen LogP contribution is 2.54. The van der Waals surface area contributed by atoms with E-state index in [9.17, 15) is 14.7 Å². The van der Waals surface area contributed by atoms with E-state index in [1.807, 2.05) is 36.2 Å². The molecule has 0 spiro atoms. The number of hydrogen-bond donors (Lipinski definition) is 1. The number of likely N-dealkylation sites (tertiary alicyclic amines) is 1. The first-order chi connectivity index (χ1) is 18.2. The molecule has 7 heteroatoms. The Morgan fingerprint density at radius 2 is 2.00 bits per heavy atom. The minimum atomic E-state index is -0.457. The summed E-state index contributed by atoms with van der Waals surface area (Å²) in [6.07, 6.45) is 8.39. The average Bonchev–Trinajstić information content (AvgIpc) is 2.91. The zero-order valence-electron chi connectivity index (χ0n) is 22.6. The number of nitrogens with zero attached hydrogens (tertiary/aromatic N) is 2. The first kappa shape index (κ1) is 27.6. The molecule has 3 atom stereocenters. The van der Waals surface area contributed by atoms with E-state index >= 15 is 0 Å². The molecule has 0 radical (unpaired) electrons. The molecule has 1 saturated carbocycles. The lowest BCUT2D eigenvalue weighted by atomic mass is 9.55. The number of piperidine rings is 1. The number of carbonyl (C=O) groups is 2. The van der Waals surface area contributed by atoms with Crippen molar-refractivity contribution in [1.82, 2.24) is 9.80 Å². The Labute approximate surface area is 225 Å². The van der Waals surface area contributed by atoms with Gasteiger partial charge in [0.1, 0.15) is 11.5 Å². The van der Waals surface area contributed by atoms with Crippen LogP contribution in [0.2, 0.25) is 0 Å². The van der Waals surface area contributed by atoms with E-state index in [2.05, 4.69) is 17.5 Å². The van der Waals surface area contributed by atoms with Gasteiger partial charge in [-0.05, 0) is 73.7 Å². The summed E-state index contributed by atoms with van der Waals surface area (Å²) in [5.41, 5.74) is 1.00. The molecule has 202 valence electrons. The lowest BCUT2D eigenvalue weighted by Crippen LogP contribution is -2.68. The van der Waals surface area contributed by atoms with Crippen molar-refractivity contribution in [1.29, 1.82) is 0 Å². The van der Waals surface area contributed by atoms with Crippen LogP contribution in [0.3, 0.4) is 0 Å². The topological polar surface area (TPSA) is 79.3 Å². The summed E-state index contributed by atoms with van der Waals surface area (Å²) < 4.78 is 11.9. The lowest BCUT2D eigenvalue weighted by molar-refractivity contribution is -0.157. The third-order valence-corrected chi connectivity index (χ3v) is 8.28. The number of phenolic OH excluding ortho intramolecular Hbond substituents is 1. The minimum Gasteiger partial charge on any atom is -0.508 e. The van der Waals surface area contributed by atoms with E-state index in [-0.39, 0.29) is 29.1 Å². The van der Waals surface area contributed by atoms with Crippen LogP contribution in [0.25, 0.3) is 6.08 Å². The number of methoxy groups -OCH3 is 1. The van der Waals surface area contributed by atoms with E-state index in [0.717, 1.165) is 56.4 Å². The molecule has 0 bridgehead atoms. The SMILES string of the molecule is C=CCN1CCC2(c3cccc(OC(C)=O)c3)CC(N(C)C(=O)/C=C/c3cccc(O)c3)CCC2(OC)C1. The van der Waals surface area contributed by atoms with Gasteiger partial charge in [-0.25, -0.2) is 0 Å². The lowest BCUT2D eigenvalue weighted by Gasteiger charge is -2.60. The summed E-state index contributed by atoms with van der Waals surface area (Å²) >= 11 is 0. The van der Waals surface area contributed by atoms with E-state index < -0.39 is 5.60 Å². The van der Waals surface area contributed by atoms with Crippen LogP contribution in [0.1, 0.15) is 43.7 Å². The molecule has 4 rings (SSSR count). The quantitative estimate of drug-likeness (QED) is 0.239. The van der Waals surface area contributed by atoms with E-state index in [0.29, 0.717) is 5.75 Å². The van der Waals surface area contributed by atoms with Gasteiger partial charge in [-0.3, -0.25) is 14.5 Å². The highest BCUT2D eigenvalue weighted by molar-refractivity contribution is 5.91. The molecule has 1 aliphatic heterocycles. The number of hydrogen-bond acceptors (Lipinski definition) is 6. The zero-order chi connectivity index (χ0) is 27.3. The van der Waals surface area contributed by atoms with Gasteiger partial charge in [0, 0.05) is 51.7 Å². The highest BCUT2D eigenvalue weighted by atomic mass is 16.5. The molecule has 1 aliphatic carbocycles. The smallest absolute Gasteiger partial charge is 0.308 e. The molecule has 2 aromatic rings. The fourth-order valence-corrected chi connectivity index (χ4v) is 6.35. The maximum Gasteiger partial charge on any atom is 0.308 e. The van der Waals surface area contributed by atoms with Crippen LogP contribution in [0.4, 0.5) is 0 Å². The van der Waals surface area contributed by atoms with Crippen LogP contribution >= 0.6 is 0 Å². The monoisotopic (exact) mass is 518 g/mol. The number of esters is 1. The average molecular weight is 519 g/mol. The van der Waals surface area contributed by atoms with Gasteiger partial charge in [-0.1, -0.05) is 30.3 Å². The van der Waals surface area contributed by atoms with E-state index in [1.165, 1.54) is 6.92 Å². The Morgan fingerprint density at radius 1 is 1.21 bits per heavy atom. The molecule has 1 heterocycles. The fourth-order valence-electron chi connectivity index (χ4n) is 6.35. The molecule has 3 unspecified atom stereocenters. The summed E-state index contributed by atoms with van der Waals surface area (Å²) in [7, 11) is 3.64. The van der Waals surface area contributed by atoms with Gasteiger partial charge in [0.2, 0.25) is 5.91 Å². The molecule has 2 fully saturated rings. The molecule has 38 heavy (non-hydrogen) atoms.